The molecule has 0 aromatic carbocycles. The highest BCUT2D eigenvalue weighted by atomic mass is 35.5. The van der Waals surface area contributed by atoms with Gasteiger partial charge in [0.2, 0.25) is 17.2 Å². The minimum Gasteiger partial charge on any atom is -0.352 e. The summed E-state index contributed by atoms with van der Waals surface area (Å²) in [5.41, 5.74) is 7.17. The Morgan fingerprint density at radius 3 is 2.19 bits per heavy atom. The zero-order chi connectivity index (χ0) is 18.7. The van der Waals surface area contributed by atoms with E-state index >= 15 is 0 Å². The van der Waals surface area contributed by atoms with Crippen LogP contribution in [0, 0.1) is 13.8 Å². The minimum absolute atomic E-state index is 0.0458. The third-order valence-corrected chi connectivity index (χ3v) is 3.15. The summed E-state index contributed by atoms with van der Waals surface area (Å²) in [5, 5.41) is 23.2. The maximum atomic E-state index is 5.88. The van der Waals surface area contributed by atoms with Crippen molar-refractivity contribution >= 4 is 29.4 Å². The molecule has 3 heterocycles. The first-order valence-corrected chi connectivity index (χ1v) is 8.09. The fraction of sp³-hybridized carbons (Fsp3) is 0.385. The highest BCUT2D eigenvalue weighted by Crippen LogP contribution is 2.11. The highest BCUT2D eigenvalue weighted by molar-refractivity contribution is 6.28. The van der Waals surface area contributed by atoms with Gasteiger partial charge in [-0.1, -0.05) is 0 Å². The Morgan fingerprint density at radius 1 is 0.923 bits per heavy atom. The monoisotopic (exact) mass is 376 g/mol. The van der Waals surface area contributed by atoms with E-state index in [-0.39, 0.29) is 29.2 Å². The second kappa shape index (κ2) is 7.39. The molecule has 0 atom stereocenters. The smallest absolute Gasteiger partial charge is 0.289 e. The zero-order valence-corrected chi connectivity index (χ0v) is 15.3. The van der Waals surface area contributed by atoms with E-state index in [0.717, 1.165) is 11.4 Å². The van der Waals surface area contributed by atoms with E-state index in [1.807, 2.05) is 33.8 Å². The largest absolute Gasteiger partial charge is 0.352 e. The van der Waals surface area contributed by atoms with E-state index in [2.05, 4.69) is 56.6 Å². The molecule has 0 bridgehead atoms. The molecule has 0 aliphatic heterocycles. The van der Waals surface area contributed by atoms with Crippen LogP contribution in [0.4, 0.5) is 17.8 Å². The molecule has 0 radical (unpaired) electrons. The summed E-state index contributed by atoms with van der Waals surface area (Å²) in [4.78, 5) is 12.1. The van der Waals surface area contributed by atoms with Gasteiger partial charge in [0.15, 0.2) is 0 Å². The first kappa shape index (κ1) is 17.7. The molecule has 3 rings (SSSR count). The number of halogens is 1. The zero-order valence-electron chi connectivity index (χ0n) is 14.6. The molecule has 13 heteroatoms. The van der Waals surface area contributed by atoms with Gasteiger partial charge in [0.1, 0.15) is 0 Å². The minimum atomic E-state index is 0.0458. The van der Waals surface area contributed by atoms with Gasteiger partial charge in [-0.3, -0.25) is 10.9 Å². The van der Waals surface area contributed by atoms with E-state index in [0.29, 0.717) is 5.95 Å². The molecule has 3 N–H and O–H groups in total. The lowest BCUT2D eigenvalue weighted by atomic mass is 10.4. The molecule has 0 spiro atoms. The van der Waals surface area contributed by atoms with Crippen molar-refractivity contribution in [1.29, 1.82) is 0 Å². The molecule has 0 amide bonds. The number of aromatic nitrogens is 9. The number of aryl methyl sites for hydroxylation is 2. The molecule has 0 aliphatic carbocycles. The van der Waals surface area contributed by atoms with Crippen molar-refractivity contribution in [3.05, 3.63) is 22.7 Å². The van der Waals surface area contributed by atoms with Gasteiger partial charge in [-0.15, -0.1) is 20.4 Å². The van der Waals surface area contributed by atoms with Gasteiger partial charge in [-0.05, 0) is 45.4 Å². The van der Waals surface area contributed by atoms with Crippen LogP contribution in [0.25, 0.3) is 5.95 Å². The van der Waals surface area contributed by atoms with Gasteiger partial charge in [-0.25, -0.2) is 4.68 Å². The van der Waals surface area contributed by atoms with E-state index in [1.54, 1.807) is 4.68 Å². The maximum absolute atomic E-state index is 5.88. The summed E-state index contributed by atoms with van der Waals surface area (Å²) in [6, 6.07) is 2.05. The van der Waals surface area contributed by atoms with Crippen LogP contribution in [0.3, 0.4) is 0 Å². The van der Waals surface area contributed by atoms with Crippen LogP contribution in [0.1, 0.15) is 25.2 Å². The normalized spacial score (nSPS) is 10.8. The fourth-order valence-electron chi connectivity index (χ4n) is 2.03. The number of hydrogen-bond acceptors (Lipinski definition) is 11. The van der Waals surface area contributed by atoms with Crippen molar-refractivity contribution in [2.45, 2.75) is 33.7 Å². The quantitative estimate of drug-likeness (QED) is 0.533. The number of nitrogens with one attached hydrogen (secondary N) is 3. The van der Waals surface area contributed by atoms with Crippen molar-refractivity contribution in [3.8, 4) is 5.95 Å². The SMILES string of the molecule is Cc1cc(C)n(-c2nnc(NNc3nc(Cl)nc(NC(C)C)n3)nn2)n1. The summed E-state index contributed by atoms with van der Waals surface area (Å²) < 4.78 is 1.56. The van der Waals surface area contributed by atoms with Crippen LogP contribution in [-0.2, 0) is 0 Å². The van der Waals surface area contributed by atoms with Crippen molar-refractivity contribution < 1.29 is 0 Å². The van der Waals surface area contributed by atoms with E-state index < -0.39 is 0 Å². The third-order valence-electron chi connectivity index (χ3n) is 2.98. The average molecular weight is 377 g/mol. The second-order valence-corrected chi connectivity index (χ2v) is 6.00. The molecule has 26 heavy (non-hydrogen) atoms. The van der Waals surface area contributed by atoms with Crippen LogP contribution >= 0.6 is 11.6 Å². The molecule has 0 saturated carbocycles. The Hall–Kier alpha value is -3.15. The number of anilines is 3. The first-order valence-electron chi connectivity index (χ1n) is 7.72. The predicted molar refractivity (Wildman–Crippen MR) is 95.1 cm³/mol. The van der Waals surface area contributed by atoms with Crippen LogP contribution in [0.2, 0.25) is 5.28 Å². The topological polar surface area (TPSA) is 144 Å². The average Bonchev–Trinajstić information content (AvgIpc) is 2.91. The van der Waals surface area contributed by atoms with Crippen molar-refractivity contribution in [2.75, 3.05) is 16.2 Å². The van der Waals surface area contributed by atoms with E-state index in [4.69, 9.17) is 11.6 Å². The predicted octanol–water partition coefficient (Wildman–Crippen LogP) is 1.17. The Balaban J connectivity index is 1.68. The molecular weight excluding hydrogens is 360 g/mol. The van der Waals surface area contributed by atoms with Gasteiger partial charge in [0.25, 0.3) is 11.9 Å². The number of hydrogen-bond donors (Lipinski definition) is 3. The lowest BCUT2D eigenvalue weighted by Gasteiger charge is -2.10. The van der Waals surface area contributed by atoms with E-state index in [1.165, 1.54) is 0 Å². The molecule has 0 saturated heterocycles. The first-order chi connectivity index (χ1) is 12.4. The van der Waals surface area contributed by atoms with Gasteiger partial charge < -0.3 is 5.32 Å². The van der Waals surface area contributed by atoms with Gasteiger partial charge >= 0.3 is 0 Å². The van der Waals surface area contributed by atoms with Gasteiger partial charge in [-0.2, -0.15) is 20.1 Å². The van der Waals surface area contributed by atoms with Gasteiger partial charge in [0.05, 0.1) is 5.69 Å². The molecule has 3 aromatic rings. The lowest BCUT2D eigenvalue weighted by Crippen LogP contribution is -2.19. The van der Waals surface area contributed by atoms with Crippen LogP contribution in [-0.4, -0.2) is 51.2 Å². The molecule has 3 aromatic heterocycles. The molecule has 0 aliphatic rings. The Kier molecular flexibility index (Phi) is 5.02. The molecule has 136 valence electrons. The number of rotatable bonds is 6. The number of nitrogens with zero attached hydrogens (tertiary/aromatic N) is 9. The summed E-state index contributed by atoms with van der Waals surface area (Å²) in [6.07, 6.45) is 0. The maximum Gasteiger partial charge on any atom is 0.289 e. The summed E-state index contributed by atoms with van der Waals surface area (Å²) in [7, 11) is 0. The Morgan fingerprint density at radius 2 is 1.58 bits per heavy atom. The van der Waals surface area contributed by atoms with Crippen molar-refractivity contribution in [1.82, 2.24) is 45.1 Å². The summed E-state index contributed by atoms with van der Waals surface area (Å²) in [5.74, 6) is 0.943. The van der Waals surface area contributed by atoms with Crippen molar-refractivity contribution in [2.24, 2.45) is 0 Å². The van der Waals surface area contributed by atoms with Crippen LogP contribution in [0.5, 0.6) is 0 Å². The standard InChI is InChI=1S/C13H17ClN12/c1-6(2)15-10-16-9(14)17-11(18-10)19-20-12-21-23-13(24-22-12)26-8(4)5-7(3)25-26/h5-6H,1-4H3,(H,20,21,22)(H2,15,16,17,18,19). The Bertz CT molecular complexity index is 891. The van der Waals surface area contributed by atoms with Crippen LogP contribution in [0.15, 0.2) is 6.07 Å². The Labute approximate surface area is 153 Å². The lowest BCUT2D eigenvalue weighted by molar-refractivity contribution is 0.712. The summed E-state index contributed by atoms with van der Waals surface area (Å²) in [6.45, 7) is 7.69. The number of hydrazine groups is 1. The third kappa shape index (κ3) is 4.27. The highest BCUT2D eigenvalue weighted by Gasteiger charge is 2.09. The molecule has 0 fully saturated rings. The van der Waals surface area contributed by atoms with E-state index in [9.17, 15) is 0 Å². The van der Waals surface area contributed by atoms with Crippen molar-refractivity contribution in [3.63, 3.8) is 0 Å². The molecule has 0 unspecified atom stereocenters. The summed E-state index contributed by atoms with van der Waals surface area (Å²) >= 11 is 5.88. The van der Waals surface area contributed by atoms with Gasteiger partial charge in [0, 0.05) is 11.7 Å². The molecular formula is C13H17ClN12. The molecule has 12 nitrogen and oxygen atoms in total. The second-order valence-electron chi connectivity index (χ2n) is 5.66. The van der Waals surface area contributed by atoms with Crippen LogP contribution < -0.4 is 16.2 Å². The fourth-order valence-corrected chi connectivity index (χ4v) is 2.19.